The zero-order valence-corrected chi connectivity index (χ0v) is 15.1. The Morgan fingerprint density at radius 1 is 1.12 bits per heavy atom. The molecule has 0 aliphatic heterocycles. The topological polar surface area (TPSA) is 55.4 Å². The van der Waals surface area contributed by atoms with Crippen LogP contribution in [0.25, 0.3) is 6.08 Å². The van der Waals surface area contributed by atoms with Gasteiger partial charge in [-0.1, -0.05) is 42.5 Å². The number of esters is 1. The van der Waals surface area contributed by atoms with Crippen LogP contribution in [0.5, 0.6) is 0 Å². The molecule has 0 bridgehead atoms. The predicted octanol–water partition coefficient (Wildman–Crippen LogP) is 3.84. The van der Waals surface area contributed by atoms with E-state index in [4.69, 9.17) is 4.74 Å². The molecule has 0 unspecified atom stereocenters. The van der Waals surface area contributed by atoms with Crippen molar-refractivity contribution in [2.24, 2.45) is 0 Å². The van der Waals surface area contributed by atoms with Gasteiger partial charge in [-0.25, -0.2) is 4.79 Å². The van der Waals surface area contributed by atoms with Gasteiger partial charge in [0.1, 0.15) is 0 Å². The van der Waals surface area contributed by atoms with E-state index in [0.717, 1.165) is 16.0 Å². The third kappa shape index (κ3) is 6.47. The number of benzene rings is 2. The van der Waals surface area contributed by atoms with Crippen LogP contribution < -0.4 is 5.32 Å². The SMILES string of the molecule is CSc1ccc(/C=C/C(=O)OCC(=O)N[C@H](C)c2ccccc2)cc1. The van der Waals surface area contributed by atoms with E-state index in [0.29, 0.717) is 0 Å². The maximum absolute atomic E-state index is 11.9. The smallest absolute Gasteiger partial charge is 0.331 e. The highest BCUT2D eigenvalue weighted by molar-refractivity contribution is 7.98. The van der Waals surface area contributed by atoms with Crippen molar-refractivity contribution in [3.8, 4) is 0 Å². The number of rotatable bonds is 7. The van der Waals surface area contributed by atoms with E-state index in [1.54, 1.807) is 17.8 Å². The van der Waals surface area contributed by atoms with Crippen LogP contribution >= 0.6 is 11.8 Å². The van der Waals surface area contributed by atoms with Gasteiger partial charge in [0, 0.05) is 11.0 Å². The largest absolute Gasteiger partial charge is 0.452 e. The van der Waals surface area contributed by atoms with E-state index in [-0.39, 0.29) is 18.6 Å². The molecular weight excluding hydrogens is 334 g/mol. The summed E-state index contributed by atoms with van der Waals surface area (Å²) in [7, 11) is 0. The fourth-order valence-corrected chi connectivity index (χ4v) is 2.58. The van der Waals surface area contributed by atoms with Gasteiger partial charge in [0.25, 0.3) is 5.91 Å². The molecule has 1 amide bonds. The second-order valence-electron chi connectivity index (χ2n) is 5.41. The molecular formula is C20H21NO3S. The van der Waals surface area contributed by atoms with E-state index in [1.165, 1.54) is 6.08 Å². The number of amides is 1. The minimum atomic E-state index is -0.545. The second-order valence-corrected chi connectivity index (χ2v) is 6.29. The molecule has 25 heavy (non-hydrogen) atoms. The molecule has 0 saturated carbocycles. The molecule has 0 aliphatic rings. The lowest BCUT2D eigenvalue weighted by molar-refractivity contribution is -0.144. The number of hydrogen-bond acceptors (Lipinski definition) is 4. The monoisotopic (exact) mass is 355 g/mol. The van der Waals surface area contributed by atoms with Crippen molar-refractivity contribution >= 4 is 29.7 Å². The quantitative estimate of drug-likeness (QED) is 0.466. The number of hydrogen-bond donors (Lipinski definition) is 1. The summed E-state index contributed by atoms with van der Waals surface area (Å²) in [4.78, 5) is 24.7. The number of carbonyl (C=O) groups is 2. The van der Waals surface area contributed by atoms with Gasteiger partial charge >= 0.3 is 5.97 Å². The van der Waals surface area contributed by atoms with Crippen LogP contribution in [0, 0.1) is 0 Å². The van der Waals surface area contributed by atoms with Gasteiger partial charge in [-0.15, -0.1) is 11.8 Å². The van der Waals surface area contributed by atoms with E-state index in [1.807, 2.05) is 67.8 Å². The minimum Gasteiger partial charge on any atom is -0.452 e. The first-order valence-electron chi connectivity index (χ1n) is 7.91. The maximum Gasteiger partial charge on any atom is 0.331 e. The molecule has 0 spiro atoms. The first-order valence-corrected chi connectivity index (χ1v) is 9.14. The summed E-state index contributed by atoms with van der Waals surface area (Å²) in [5.74, 6) is -0.876. The summed E-state index contributed by atoms with van der Waals surface area (Å²) in [6.45, 7) is 1.58. The average molecular weight is 355 g/mol. The molecule has 4 nitrogen and oxygen atoms in total. The molecule has 2 aromatic rings. The van der Waals surface area contributed by atoms with Gasteiger partial charge in [0.15, 0.2) is 6.61 Å². The highest BCUT2D eigenvalue weighted by Gasteiger charge is 2.10. The highest BCUT2D eigenvalue weighted by atomic mass is 32.2. The Balaban J connectivity index is 1.76. The van der Waals surface area contributed by atoms with Crippen molar-refractivity contribution < 1.29 is 14.3 Å². The Hall–Kier alpha value is -2.53. The fourth-order valence-electron chi connectivity index (χ4n) is 2.17. The summed E-state index contributed by atoms with van der Waals surface area (Å²) >= 11 is 1.66. The fraction of sp³-hybridized carbons (Fsp3) is 0.200. The Morgan fingerprint density at radius 2 is 1.80 bits per heavy atom. The second kappa shape index (κ2) is 9.69. The molecule has 0 radical (unpaired) electrons. The van der Waals surface area contributed by atoms with Crippen LogP contribution in [0.3, 0.4) is 0 Å². The van der Waals surface area contributed by atoms with Crippen LogP contribution in [0.15, 0.2) is 65.6 Å². The maximum atomic E-state index is 11.9. The van der Waals surface area contributed by atoms with Crippen molar-refractivity contribution in [1.82, 2.24) is 5.32 Å². The van der Waals surface area contributed by atoms with Crippen LogP contribution in [-0.4, -0.2) is 24.7 Å². The van der Waals surface area contributed by atoms with Gasteiger partial charge in [-0.2, -0.15) is 0 Å². The summed E-state index contributed by atoms with van der Waals surface area (Å²) in [6, 6.07) is 17.3. The molecule has 130 valence electrons. The average Bonchev–Trinajstić information content (AvgIpc) is 2.65. The first-order chi connectivity index (χ1) is 12.1. The normalized spacial score (nSPS) is 11.9. The molecule has 2 aromatic carbocycles. The van der Waals surface area contributed by atoms with Crippen molar-refractivity contribution in [2.45, 2.75) is 17.9 Å². The van der Waals surface area contributed by atoms with E-state index >= 15 is 0 Å². The van der Waals surface area contributed by atoms with Crippen molar-refractivity contribution in [3.05, 3.63) is 71.8 Å². The summed E-state index contributed by atoms with van der Waals surface area (Å²) < 4.78 is 4.97. The molecule has 1 atom stereocenters. The predicted molar refractivity (Wildman–Crippen MR) is 101 cm³/mol. The first kappa shape index (κ1) is 18.8. The van der Waals surface area contributed by atoms with E-state index in [9.17, 15) is 9.59 Å². The third-order valence-corrected chi connectivity index (χ3v) is 4.29. The van der Waals surface area contributed by atoms with Gasteiger partial charge in [0.05, 0.1) is 6.04 Å². The number of nitrogens with one attached hydrogen (secondary N) is 1. The Morgan fingerprint density at radius 3 is 2.44 bits per heavy atom. The molecule has 5 heteroatoms. The van der Waals surface area contributed by atoms with Gasteiger partial charge < -0.3 is 10.1 Å². The summed E-state index contributed by atoms with van der Waals surface area (Å²) in [5.41, 5.74) is 1.90. The van der Waals surface area contributed by atoms with Gasteiger partial charge in [-0.3, -0.25) is 4.79 Å². The molecule has 1 N–H and O–H groups in total. The Bertz CT molecular complexity index is 726. The van der Waals surface area contributed by atoms with Gasteiger partial charge in [0.2, 0.25) is 0 Å². The van der Waals surface area contributed by atoms with Crippen LogP contribution in [0.2, 0.25) is 0 Å². The molecule has 0 aliphatic carbocycles. The molecule has 0 fully saturated rings. The Labute approximate surface area is 152 Å². The highest BCUT2D eigenvalue weighted by Crippen LogP contribution is 2.15. The number of thioether (sulfide) groups is 1. The van der Waals surface area contributed by atoms with E-state index in [2.05, 4.69) is 5.32 Å². The molecule has 0 heterocycles. The van der Waals surface area contributed by atoms with Gasteiger partial charge in [-0.05, 0) is 42.5 Å². The Kier molecular flexibility index (Phi) is 7.29. The van der Waals surface area contributed by atoms with Crippen LogP contribution in [-0.2, 0) is 14.3 Å². The molecule has 0 saturated heterocycles. The standard InChI is InChI=1S/C20H21NO3S/c1-15(17-6-4-3-5-7-17)21-19(22)14-24-20(23)13-10-16-8-11-18(25-2)12-9-16/h3-13,15H,14H2,1-2H3,(H,21,22)/b13-10+/t15-/m1/s1. The van der Waals surface area contributed by atoms with Crippen molar-refractivity contribution in [2.75, 3.05) is 12.9 Å². The number of carbonyl (C=O) groups excluding carboxylic acids is 2. The molecule has 2 rings (SSSR count). The van der Waals surface area contributed by atoms with Crippen molar-refractivity contribution in [1.29, 1.82) is 0 Å². The lowest BCUT2D eigenvalue weighted by Crippen LogP contribution is -2.30. The summed E-state index contributed by atoms with van der Waals surface area (Å²) in [5, 5.41) is 2.80. The van der Waals surface area contributed by atoms with E-state index < -0.39 is 5.97 Å². The minimum absolute atomic E-state index is 0.141. The third-order valence-electron chi connectivity index (χ3n) is 3.55. The van der Waals surface area contributed by atoms with Crippen LogP contribution in [0.4, 0.5) is 0 Å². The zero-order valence-electron chi connectivity index (χ0n) is 14.3. The molecule has 0 aromatic heterocycles. The lowest BCUT2D eigenvalue weighted by atomic mass is 10.1. The lowest BCUT2D eigenvalue weighted by Gasteiger charge is -2.13. The number of ether oxygens (including phenoxy) is 1. The van der Waals surface area contributed by atoms with Crippen molar-refractivity contribution in [3.63, 3.8) is 0 Å². The van der Waals surface area contributed by atoms with Crippen LogP contribution in [0.1, 0.15) is 24.1 Å². The zero-order chi connectivity index (χ0) is 18.1. The summed E-state index contributed by atoms with van der Waals surface area (Å²) in [6.07, 6.45) is 4.99.